The largest absolute Gasteiger partial charge is 0.465 e. The van der Waals surface area contributed by atoms with Gasteiger partial charge < -0.3 is 29.6 Å². The van der Waals surface area contributed by atoms with Crippen molar-refractivity contribution in [1.82, 2.24) is 29.7 Å². The Hall–Kier alpha value is -5.12. The van der Waals surface area contributed by atoms with E-state index in [1.165, 1.54) is 4.90 Å². The molecular formula is C38H46N6O4. The molecule has 0 unspecified atom stereocenters. The maximum absolute atomic E-state index is 12.5. The number of H-pyrrole nitrogens is 2. The van der Waals surface area contributed by atoms with Crippen molar-refractivity contribution in [3.8, 4) is 33.6 Å². The molecular weight excluding hydrogens is 604 g/mol. The van der Waals surface area contributed by atoms with E-state index in [4.69, 9.17) is 14.7 Å². The van der Waals surface area contributed by atoms with Gasteiger partial charge in [0.1, 0.15) is 17.2 Å². The highest BCUT2D eigenvalue weighted by molar-refractivity contribution is 5.90. The van der Waals surface area contributed by atoms with Crippen LogP contribution < -0.4 is 0 Å². The van der Waals surface area contributed by atoms with Crippen molar-refractivity contribution in [1.29, 1.82) is 0 Å². The Morgan fingerprint density at radius 2 is 1.27 bits per heavy atom. The molecule has 0 aliphatic rings. The van der Waals surface area contributed by atoms with Crippen LogP contribution in [0, 0.1) is 0 Å². The van der Waals surface area contributed by atoms with Gasteiger partial charge in [0.2, 0.25) is 0 Å². The number of carbonyl (C=O) groups is 2. The lowest BCUT2D eigenvalue weighted by molar-refractivity contribution is 0.0227. The van der Waals surface area contributed by atoms with E-state index in [-0.39, 0.29) is 12.0 Å². The van der Waals surface area contributed by atoms with Gasteiger partial charge in [0.15, 0.2) is 0 Å². The number of nitrogens with zero attached hydrogens (tertiary/aromatic N) is 4. The molecule has 0 aliphatic carbocycles. The zero-order valence-corrected chi connectivity index (χ0v) is 29.3. The zero-order chi connectivity index (χ0) is 35.0. The third-order valence-corrected chi connectivity index (χ3v) is 8.47. The van der Waals surface area contributed by atoms with Crippen LogP contribution in [0.2, 0.25) is 0 Å². The van der Waals surface area contributed by atoms with Gasteiger partial charge in [-0.3, -0.25) is 0 Å². The van der Waals surface area contributed by atoms with Gasteiger partial charge >= 0.3 is 12.2 Å². The van der Waals surface area contributed by atoms with Crippen LogP contribution in [0.1, 0.15) is 79.0 Å². The minimum absolute atomic E-state index is 0.0871. The van der Waals surface area contributed by atoms with Gasteiger partial charge in [-0.1, -0.05) is 55.5 Å². The summed E-state index contributed by atoms with van der Waals surface area (Å²) in [6.45, 7) is 15.5. The first-order valence-electron chi connectivity index (χ1n) is 16.2. The average Bonchev–Trinajstić information content (AvgIpc) is 3.72. The molecule has 10 heteroatoms. The molecule has 2 heterocycles. The van der Waals surface area contributed by atoms with Crippen LogP contribution in [0.4, 0.5) is 9.59 Å². The first-order chi connectivity index (χ1) is 22.5. The summed E-state index contributed by atoms with van der Waals surface area (Å²) in [6.07, 6.45) is 2.41. The van der Waals surface area contributed by atoms with E-state index in [2.05, 4.69) is 70.6 Å². The van der Waals surface area contributed by atoms with Gasteiger partial charge in [-0.2, -0.15) is 0 Å². The molecule has 5 aromatic rings. The van der Waals surface area contributed by atoms with Crippen LogP contribution in [0.5, 0.6) is 0 Å². The van der Waals surface area contributed by atoms with Crippen LogP contribution in [-0.4, -0.2) is 71.8 Å². The number of benzene rings is 3. The Bertz CT molecular complexity index is 1910. The minimum atomic E-state index is -0.936. The van der Waals surface area contributed by atoms with Crippen molar-refractivity contribution in [3.63, 3.8) is 0 Å². The highest BCUT2D eigenvalue weighted by Gasteiger charge is 2.29. The van der Waals surface area contributed by atoms with Gasteiger partial charge in [-0.05, 0) is 82.5 Å². The number of imidazole rings is 2. The van der Waals surface area contributed by atoms with Gasteiger partial charge in [0.25, 0.3) is 0 Å². The topological polar surface area (TPSA) is 127 Å². The lowest BCUT2D eigenvalue weighted by Gasteiger charge is -2.34. The Kier molecular flexibility index (Phi) is 9.39. The quantitative estimate of drug-likeness (QED) is 0.154. The molecule has 0 radical (unpaired) electrons. The van der Waals surface area contributed by atoms with Crippen LogP contribution in [0.25, 0.3) is 44.4 Å². The second-order valence-electron chi connectivity index (χ2n) is 14.4. The number of amides is 2. The van der Waals surface area contributed by atoms with Crippen molar-refractivity contribution in [2.75, 3.05) is 13.6 Å². The summed E-state index contributed by atoms with van der Waals surface area (Å²) >= 11 is 0. The van der Waals surface area contributed by atoms with Crippen molar-refractivity contribution in [3.05, 3.63) is 84.7 Å². The summed E-state index contributed by atoms with van der Waals surface area (Å²) in [5.74, 6) is 1.35. The standard InChI is InChI=1S/C38H46N6O4/c1-23(22-44(35(45)46)37(3,4)5)33-39-20-31(41-33)26-12-10-25(11-13-26)27-14-15-29-19-30(17-16-28(29)18-27)32-21-40-34(42-32)24(2)43(9)36(47)48-38(6,7)8/h10-21,23-24H,22H2,1-9H3,(H,39,41)(H,40,42)(H,45,46)/t23-,24-/m0/s1. The van der Waals surface area contributed by atoms with E-state index in [0.29, 0.717) is 12.4 Å². The van der Waals surface area contributed by atoms with Crippen molar-refractivity contribution in [2.24, 2.45) is 0 Å². The fourth-order valence-corrected chi connectivity index (χ4v) is 5.53. The third kappa shape index (κ3) is 7.70. The normalized spacial score (nSPS) is 13.3. The highest BCUT2D eigenvalue weighted by atomic mass is 16.6. The Morgan fingerprint density at radius 3 is 1.85 bits per heavy atom. The number of aromatic amines is 2. The number of fused-ring (bicyclic) bond motifs is 1. The van der Waals surface area contributed by atoms with E-state index in [0.717, 1.165) is 50.2 Å². The van der Waals surface area contributed by atoms with Crippen LogP contribution in [-0.2, 0) is 4.74 Å². The van der Waals surface area contributed by atoms with Gasteiger partial charge in [-0.25, -0.2) is 19.6 Å². The molecule has 0 spiro atoms. The SMILES string of the molecule is C[C@@H](CN(C(=O)O)C(C)(C)C)c1nc(-c2ccc(-c3ccc4cc(-c5c[nH]c([C@H](C)N(C)C(=O)OC(C)(C)C)n5)ccc4c3)cc2)c[nH]1. The molecule has 10 nitrogen and oxygen atoms in total. The molecule has 3 N–H and O–H groups in total. The van der Waals surface area contributed by atoms with E-state index in [1.807, 2.05) is 67.8 Å². The lowest BCUT2D eigenvalue weighted by Crippen LogP contribution is -2.46. The third-order valence-electron chi connectivity index (χ3n) is 8.47. The molecule has 2 aromatic heterocycles. The number of carbonyl (C=O) groups excluding carboxylic acids is 1. The summed E-state index contributed by atoms with van der Waals surface area (Å²) in [7, 11) is 1.71. The van der Waals surface area contributed by atoms with Gasteiger partial charge in [0, 0.05) is 48.6 Å². The molecule has 0 bridgehead atoms. The monoisotopic (exact) mass is 650 g/mol. The number of rotatable bonds is 8. The molecule has 0 aliphatic heterocycles. The maximum Gasteiger partial charge on any atom is 0.410 e. The number of hydrogen-bond donors (Lipinski definition) is 3. The molecule has 5 rings (SSSR count). The Balaban J connectivity index is 1.28. The van der Waals surface area contributed by atoms with Crippen LogP contribution in [0.15, 0.2) is 73.1 Å². The number of nitrogens with one attached hydrogen (secondary N) is 2. The van der Waals surface area contributed by atoms with Crippen molar-refractivity contribution < 1.29 is 19.4 Å². The first kappa shape index (κ1) is 34.2. The zero-order valence-electron chi connectivity index (χ0n) is 29.3. The summed E-state index contributed by atoms with van der Waals surface area (Å²) in [4.78, 5) is 43.4. The van der Waals surface area contributed by atoms with Crippen LogP contribution >= 0.6 is 0 Å². The van der Waals surface area contributed by atoms with E-state index in [1.54, 1.807) is 11.9 Å². The van der Waals surface area contributed by atoms with E-state index < -0.39 is 23.3 Å². The number of aromatic nitrogens is 4. The molecule has 0 fully saturated rings. The first-order valence-corrected chi connectivity index (χ1v) is 16.2. The van der Waals surface area contributed by atoms with Crippen molar-refractivity contribution in [2.45, 2.75) is 78.5 Å². The second kappa shape index (κ2) is 13.2. The Morgan fingerprint density at radius 1 is 0.771 bits per heavy atom. The summed E-state index contributed by atoms with van der Waals surface area (Å²) in [5.41, 5.74) is 4.72. The fraction of sp³-hybridized carbons (Fsp3) is 0.368. The number of hydrogen-bond acceptors (Lipinski definition) is 5. The van der Waals surface area contributed by atoms with Crippen LogP contribution in [0.3, 0.4) is 0 Å². The van der Waals surface area contributed by atoms with Crippen molar-refractivity contribution >= 4 is 23.0 Å². The smallest absolute Gasteiger partial charge is 0.410 e. The van der Waals surface area contributed by atoms with Gasteiger partial charge in [0.05, 0.1) is 17.4 Å². The fourth-order valence-electron chi connectivity index (χ4n) is 5.53. The second-order valence-corrected chi connectivity index (χ2v) is 14.4. The maximum atomic E-state index is 12.5. The Labute approximate surface area is 282 Å². The van der Waals surface area contributed by atoms with Gasteiger partial charge in [-0.15, -0.1) is 0 Å². The lowest BCUT2D eigenvalue weighted by atomic mass is 9.98. The highest BCUT2D eigenvalue weighted by Crippen LogP contribution is 2.31. The summed E-state index contributed by atoms with van der Waals surface area (Å²) < 4.78 is 5.51. The molecule has 0 saturated heterocycles. The number of ether oxygens (including phenoxy) is 1. The molecule has 48 heavy (non-hydrogen) atoms. The van der Waals surface area contributed by atoms with E-state index >= 15 is 0 Å². The summed E-state index contributed by atoms with van der Waals surface area (Å²) in [5, 5.41) is 11.9. The average molecular weight is 651 g/mol. The van der Waals surface area contributed by atoms with E-state index in [9.17, 15) is 14.7 Å². The molecule has 3 aromatic carbocycles. The predicted octanol–water partition coefficient (Wildman–Crippen LogP) is 9.10. The minimum Gasteiger partial charge on any atom is -0.465 e. The molecule has 2 atom stereocenters. The summed E-state index contributed by atoms with van der Waals surface area (Å²) in [6, 6.07) is 20.7. The molecule has 2 amide bonds. The predicted molar refractivity (Wildman–Crippen MR) is 190 cm³/mol. The molecule has 252 valence electrons. The number of carboxylic acid groups (broad SMARTS) is 1. The molecule has 0 saturated carbocycles.